The number of nitro groups is 1. The third kappa shape index (κ3) is 4.42. The number of thiazole rings is 1. The average molecular weight is 605 g/mol. The van der Waals surface area contributed by atoms with E-state index < -0.39 is 20.6 Å². The lowest BCUT2D eigenvalue weighted by Gasteiger charge is -2.44. The first-order chi connectivity index (χ1) is 19.7. The number of nitrogens with two attached hydrogens (primary N) is 1. The fourth-order valence-electron chi connectivity index (χ4n) is 7.17. The predicted octanol–water partition coefficient (Wildman–Crippen LogP) is 6.69. The van der Waals surface area contributed by atoms with Crippen LogP contribution in [0.3, 0.4) is 0 Å². The second kappa shape index (κ2) is 9.68. The lowest BCUT2D eigenvalue weighted by atomic mass is 9.68. The fourth-order valence-corrected chi connectivity index (χ4v) is 8.51. The van der Waals surface area contributed by atoms with E-state index >= 15 is 0 Å². The van der Waals surface area contributed by atoms with Crippen LogP contribution >= 0.6 is 11.3 Å². The fraction of sp³-hybridized carbons (Fsp3) is 0.355. The van der Waals surface area contributed by atoms with Crippen LogP contribution in [-0.4, -0.2) is 30.3 Å². The number of sulfonamides is 1. The van der Waals surface area contributed by atoms with Crippen molar-refractivity contribution in [3.63, 3.8) is 0 Å². The molecule has 2 bridgehead atoms. The summed E-state index contributed by atoms with van der Waals surface area (Å²) in [5.41, 5.74) is 2.43. The Morgan fingerprint density at radius 2 is 1.76 bits per heavy atom. The van der Waals surface area contributed by atoms with Gasteiger partial charge < -0.3 is 0 Å². The first-order valence-corrected chi connectivity index (χ1v) is 16.2. The molecule has 0 spiro atoms. The van der Waals surface area contributed by atoms with E-state index in [2.05, 4.69) is 25.8 Å². The summed E-state index contributed by atoms with van der Waals surface area (Å²) in [7, 11) is -4.19. The van der Waals surface area contributed by atoms with Crippen LogP contribution < -0.4 is 10.0 Å². The number of nitro benzene ring substituents is 1. The molecule has 1 aromatic heterocycles. The van der Waals surface area contributed by atoms with Crippen molar-refractivity contribution in [1.29, 1.82) is 0 Å². The van der Waals surface area contributed by atoms with Gasteiger partial charge in [-0.05, 0) is 90.5 Å². The first-order valence-electron chi connectivity index (χ1n) is 13.8. The number of hydrogen-bond acceptors (Lipinski definition) is 7. The second-order valence-corrected chi connectivity index (χ2v) is 15.0. The van der Waals surface area contributed by atoms with Crippen molar-refractivity contribution in [2.45, 2.75) is 57.9 Å². The molecule has 218 valence electrons. The molecule has 2 saturated carbocycles. The topological polar surface area (TPSA) is 136 Å². The Bertz CT molecular complexity index is 1870. The van der Waals surface area contributed by atoms with Crippen LogP contribution in [0, 0.1) is 33.8 Å². The van der Waals surface area contributed by atoms with Crippen molar-refractivity contribution in [3.05, 3.63) is 81.3 Å². The summed E-state index contributed by atoms with van der Waals surface area (Å²) >= 11 is 1.64. The van der Waals surface area contributed by atoms with Gasteiger partial charge in [-0.2, -0.15) is 0 Å². The zero-order chi connectivity index (χ0) is 30.2. The normalized spacial score (nSPS) is 22.9. The van der Waals surface area contributed by atoms with E-state index in [9.17, 15) is 23.3 Å². The quantitative estimate of drug-likeness (QED) is 0.192. The number of primary sulfonamides is 1. The summed E-state index contributed by atoms with van der Waals surface area (Å²) in [6.07, 6.45) is 2.63. The Balaban J connectivity index is 1.44. The maximum absolute atomic E-state index is 14.4. The first kappa shape index (κ1) is 28.4. The molecule has 2 N–H and O–H groups in total. The van der Waals surface area contributed by atoms with Gasteiger partial charge in [0, 0.05) is 17.7 Å². The number of benzene rings is 3. The molecule has 9 nitrogen and oxygen atoms in total. The van der Waals surface area contributed by atoms with Crippen LogP contribution in [0.15, 0.2) is 65.6 Å². The number of hydrogen-bond donors (Lipinski definition) is 1. The zero-order valence-electron chi connectivity index (χ0n) is 23.8. The molecule has 3 atom stereocenters. The lowest BCUT2D eigenvalue weighted by molar-refractivity contribution is -0.384. The summed E-state index contributed by atoms with van der Waals surface area (Å²) in [4.78, 5) is 31.8. The highest BCUT2D eigenvalue weighted by molar-refractivity contribution is 7.89. The third-order valence-corrected chi connectivity index (χ3v) is 11.8. The highest BCUT2D eigenvalue weighted by atomic mass is 32.2. The van der Waals surface area contributed by atoms with E-state index in [0.717, 1.165) is 45.3 Å². The summed E-state index contributed by atoms with van der Waals surface area (Å²) < 4.78 is 25.2. The number of amides is 1. The van der Waals surface area contributed by atoms with Gasteiger partial charge in [0.15, 0.2) is 0 Å². The van der Waals surface area contributed by atoms with E-state index in [1.54, 1.807) is 28.4 Å². The molecule has 42 heavy (non-hydrogen) atoms. The van der Waals surface area contributed by atoms with E-state index in [4.69, 9.17) is 5.14 Å². The minimum Gasteiger partial charge on any atom is -0.299 e. The number of aryl methyl sites for hydroxylation is 1. The van der Waals surface area contributed by atoms with E-state index in [0.29, 0.717) is 17.9 Å². The van der Waals surface area contributed by atoms with Crippen LogP contribution in [0.25, 0.3) is 21.3 Å². The summed E-state index contributed by atoms with van der Waals surface area (Å²) in [5, 5.41) is 18.6. The number of carbonyl (C=O) groups is 1. The largest absolute Gasteiger partial charge is 0.299 e. The minimum atomic E-state index is -4.19. The Morgan fingerprint density at radius 1 is 1.07 bits per heavy atom. The van der Waals surface area contributed by atoms with Crippen molar-refractivity contribution < 1.29 is 18.1 Å². The Labute approximate surface area is 248 Å². The van der Waals surface area contributed by atoms with Gasteiger partial charge >= 0.3 is 0 Å². The molecule has 0 radical (unpaired) electrons. The van der Waals surface area contributed by atoms with Gasteiger partial charge in [0.05, 0.1) is 25.0 Å². The van der Waals surface area contributed by atoms with E-state index in [1.807, 2.05) is 37.3 Å². The van der Waals surface area contributed by atoms with Gasteiger partial charge in [0.2, 0.25) is 10.0 Å². The maximum Gasteiger partial charge on any atom is 0.294 e. The molecule has 11 heteroatoms. The number of carbonyl (C=O) groups excluding carboxylic acids is 1. The molecule has 1 amide bonds. The Kier molecular flexibility index (Phi) is 6.56. The third-order valence-electron chi connectivity index (χ3n) is 9.97. The molecular formula is C31H32N4O5S2. The predicted molar refractivity (Wildman–Crippen MR) is 164 cm³/mol. The summed E-state index contributed by atoms with van der Waals surface area (Å²) in [6, 6.07) is 16.5. The minimum absolute atomic E-state index is 0.0698. The zero-order valence-corrected chi connectivity index (χ0v) is 25.5. The molecule has 4 aromatic rings. The molecular weight excluding hydrogens is 572 g/mol. The van der Waals surface area contributed by atoms with Gasteiger partial charge in [0.25, 0.3) is 11.6 Å². The summed E-state index contributed by atoms with van der Waals surface area (Å²) in [5.74, 6) is -0.00893. The number of aromatic nitrogens is 1. The van der Waals surface area contributed by atoms with E-state index in [-0.39, 0.29) is 33.4 Å². The highest BCUT2D eigenvalue weighted by Crippen LogP contribution is 2.67. The molecule has 2 fully saturated rings. The molecule has 3 aromatic carbocycles. The van der Waals surface area contributed by atoms with Crippen molar-refractivity contribution in [3.8, 4) is 11.1 Å². The Hall–Kier alpha value is -3.67. The molecule has 0 saturated heterocycles. The molecule has 0 aliphatic heterocycles. The number of fused-ring (bicyclic) bond motifs is 3. The van der Waals surface area contributed by atoms with Crippen LogP contribution in [0.4, 0.5) is 11.4 Å². The van der Waals surface area contributed by atoms with Gasteiger partial charge in [-0.1, -0.05) is 39.0 Å². The smallest absolute Gasteiger partial charge is 0.294 e. The van der Waals surface area contributed by atoms with Crippen LogP contribution in [0.1, 0.15) is 55.4 Å². The molecule has 2 aliphatic carbocycles. The maximum atomic E-state index is 14.4. The second-order valence-electron chi connectivity index (χ2n) is 12.2. The van der Waals surface area contributed by atoms with Crippen LogP contribution in [-0.2, 0) is 10.0 Å². The molecule has 1 heterocycles. The van der Waals surface area contributed by atoms with Crippen molar-refractivity contribution >= 4 is 48.9 Å². The van der Waals surface area contributed by atoms with Gasteiger partial charge in [-0.15, -0.1) is 11.3 Å². The highest BCUT2D eigenvalue weighted by Gasteiger charge is 2.63. The number of nitrogens with zero attached hydrogens (tertiary/aromatic N) is 3. The molecule has 0 unspecified atom stereocenters. The monoisotopic (exact) mass is 604 g/mol. The SMILES string of the molecule is Cc1nc2cc(-c3ccc(C(=O)N(c4ccc(S(N)(=O)=O)cc4[N+](=O)[O-])[C@H]4C[C@@H]5CC[C@@]4(C)C5(C)C)cc3)ccc2s1. The number of anilines is 1. The van der Waals surface area contributed by atoms with Crippen LogP contribution in [0.2, 0.25) is 0 Å². The molecule has 6 rings (SSSR count). The van der Waals surface area contributed by atoms with Gasteiger partial charge in [-0.3, -0.25) is 19.8 Å². The van der Waals surface area contributed by atoms with Gasteiger partial charge in [0.1, 0.15) is 5.69 Å². The molecule has 2 aliphatic rings. The van der Waals surface area contributed by atoms with E-state index in [1.165, 1.54) is 12.1 Å². The van der Waals surface area contributed by atoms with Crippen molar-refractivity contribution in [2.24, 2.45) is 21.9 Å². The van der Waals surface area contributed by atoms with Crippen molar-refractivity contribution in [2.75, 3.05) is 4.90 Å². The average Bonchev–Trinajstić information content (AvgIpc) is 3.49. The van der Waals surface area contributed by atoms with Crippen LogP contribution in [0.5, 0.6) is 0 Å². The standard InChI is InChI=1S/C31H32N4O5S2/c1-18-33-24-15-21(9-12-27(24)41-18)19-5-7-20(8-6-19)29(36)34(28-16-22-13-14-31(28,4)30(22,2)3)25-11-10-23(42(32,39)40)17-26(25)35(37)38/h5-12,15,17,22,28H,13-14,16H2,1-4H3,(H2,32,39,40)/t22-,28-,31+/m0/s1. The lowest BCUT2D eigenvalue weighted by Crippen LogP contribution is -2.50. The van der Waals surface area contributed by atoms with Crippen molar-refractivity contribution in [1.82, 2.24) is 4.98 Å². The van der Waals surface area contributed by atoms with Gasteiger partial charge in [-0.25, -0.2) is 18.5 Å². The number of rotatable bonds is 6. The Morgan fingerprint density at radius 3 is 2.36 bits per heavy atom. The summed E-state index contributed by atoms with van der Waals surface area (Å²) in [6.45, 7) is 8.55.